The van der Waals surface area contributed by atoms with Crippen LogP contribution in [0, 0.1) is 0 Å². The molecule has 1 aliphatic heterocycles. The molecule has 1 aliphatic rings. The van der Waals surface area contributed by atoms with Crippen LogP contribution in [0.2, 0.25) is 0 Å². The number of amides is 1. The SMILES string of the molecule is O=C(O)[N+]1=CCC(c2ccccc2)C1. The Morgan fingerprint density at radius 1 is 1.36 bits per heavy atom. The molecule has 72 valence electrons. The standard InChI is InChI=1S/C11H11NO2/c13-11(14)12-7-6-10(8-12)9-4-2-1-3-5-9/h1-5,7,10H,6,8H2/p+1. The first-order valence-electron chi connectivity index (χ1n) is 4.65. The van der Waals surface area contributed by atoms with Gasteiger partial charge in [0.05, 0.1) is 5.92 Å². The Labute approximate surface area is 82.3 Å². The minimum Gasteiger partial charge on any atom is -0.427 e. The highest BCUT2D eigenvalue weighted by molar-refractivity contribution is 5.66. The fourth-order valence-corrected chi connectivity index (χ4v) is 1.76. The van der Waals surface area contributed by atoms with E-state index in [4.69, 9.17) is 5.11 Å². The van der Waals surface area contributed by atoms with E-state index < -0.39 is 6.09 Å². The summed E-state index contributed by atoms with van der Waals surface area (Å²) >= 11 is 0. The molecule has 1 aromatic carbocycles. The van der Waals surface area contributed by atoms with Crippen LogP contribution < -0.4 is 0 Å². The molecule has 3 nitrogen and oxygen atoms in total. The third kappa shape index (κ3) is 1.66. The van der Waals surface area contributed by atoms with E-state index in [1.165, 1.54) is 10.1 Å². The summed E-state index contributed by atoms with van der Waals surface area (Å²) in [5.41, 5.74) is 1.22. The van der Waals surface area contributed by atoms with Crippen molar-refractivity contribution in [3.05, 3.63) is 35.9 Å². The van der Waals surface area contributed by atoms with Gasteiger partial charge >= 0.3 is 6.09 Å². The van der Waals surface area contributed by atoms with Crippen LogP contribution in [0.1, 0.15) is 17.9 Å². The summed E-state index contributed by atoms with van der Waals surface area (Å²) in [5.74, 6) is 0.326. The first-order chi connectivity index (χ1) is 6.77. The fourth-order valence-electron chi connectivity index (χ4n) is 1.76. The molecular formula is C11H12NO2+. The summed E-state index contributed by atoms with van der Waals surface area (Å²) in [6.45, 7) is 0.583. The first kappa shape index (κ1) is 8.94. The smallest absolute Gasteiger partial charge is 0.427 e. The molecule has 1 heterocycles. The van der Waals surface area contributed by atoms with Crippen LogP contribution in [0.5, 0.6) is 0 Å². The predicted molar refractivity (Wildman–Crippen MR) is 53.0 cm³/mol. The second-order valence-corrected chi connectivity index (χ2v) is 3.46. The Hall–Kier alpha value is -1.64. The summed E-state index contributed by atoms with van der Waals surface area (Å²) in [6, 6.07) is 10.0. The number of hydrogen-bond acceptors (Lipinski definition) is 1. The van der Waals surface area contributed by atoms with Crippen LogP contribution in [0.25, 0.3) is 0 Å². The molecule has 0 spiro atoms. The lowest BCUT2D eigenvalue weighted by molar-refractivity contribution is -0.433. The van der Waals surface area contributed by atoms with E-state index in [2.05, 4.69) is 0 Å². The number of nitrogens with zero attached hydrogens (tertiary/aromatic N) is 1. The number of hydrogen-bond donors (Lipinski definition) is 1. The van der Waals surface area contributed by atoms with Gasteiger partial charge in [0.2, 0.25) is 0 Å². The molecule has 1 aromatic rings. The zero-order valence-corrected chi connectivity index (χ0v) is 7.76. The van der Waals surface area contributed by atoms with Crippen molar-refractivity contribution in [1.82, 2.24) is 0 Å². The van der Waals surface area contributed by atoms with E-state index in [9.17, 15) is 4.79 Å². The fraction of sp³-hybridized carbons (Fsp3) is 0.273. The summed E-state index contributed by atoms with van der Waals surface area (Å²) in [6.07, 6.45) is 1.71. The maximum absolute atomic E-state index is 10.7. The summed E-state index contributed by atoms with van der Waals surface area (Å²) in [4.78, 5) is 10.7. The lowest BCUT2D eigenvalue weighted by Gasteiger charge is -2.04. The monoisotopic (exact) mass is 190 g/mol. The average Bonchev–Trinajstić information content (AvgIpc) is 2.68. The maximum Gasteiger partial charge on any atom is 0.593 e. The van der Waals surface area contributed by atoms with Crippen molar-refractivity contribution in [2.24, 2.45) is 0 Å². The molecule has 1 N–H and O–H groups in total. The first-order valence-corrected chi connectivity index (χ1v) is 4.65. The van der Waals surface area contributed by atoms with E-state index in [0.29, 0.717) is 12.5 Å². The molecule has 0 bridgehead atoms. The lowest BCUT2D eigenvalue weighted by atomic mass is 9.98. The summed E-state index contributed by atoms with van der Waals surface area (Å²) < 4.78 is 1.36. The van der Waals surface area contributed by atoms with Gasteiger partial charge in [0.25, 0.3) is 0 Å². The Balaban J connectivity index is 2.10. The Kier molecular flexibility index (Phi) is 2.31. The Morgan fingerprint density at radius 3 is 2.64 bits per heavy atom. The second-order valence-electron chi connectivity index (χ2n) is 3.46. The van der Waals surface area contributed by atoms with Crippen LogP contribution >= 0.6 is 0 Å². The second kappa shape index (κ2) is 3.62. The highest BCUT2D eigenvalue weighted by atomic mass is 16.4. The molecule has 14 heavy (non-hydrogen) atoms. The molecule has 1 amide bonds. The Bertz CT molecular complexity index is 370. The number of benzene rings is 1. The van der Waals surface area contributed by atoms with Gasteiger partial charge in [-0.3, -0.25) is 0 Å². The van der Waals surface area contributed by atoms with Gasteiger partial charge in [0.1, 0.15) is 0 Å². The zero-order chi connectivity index (χ0) is 9.97. The van der Waals surface area contributed by atoms with Gasteiger partial charge in [-0.05, 0) is 5.56 Å². The van der Waals surface area contributed by atoms with Crippen LogP contribution in [0.15, 0.2) is 30.3 Å². The van der Waals surface area contributed by atoms with E-state index in [1.54, 1.807) is 6.21 Å². The van der Waals surface area contributed by atoms with Gasteiger partial charge in [-0.1, -0.05) is 30.3 Å². The van der Waals surface area contributed by atoms with Crippen LogP contribution in [0.4, 0.5) is 4.79 Å². The lowest BCUT2D eigenvalue weighted by Crippen LogP contribution is -2.18. The maximum atomic E-state index is 10.7. The minimum atomic E-state index is -0.858. The molecule has 0 radical (unpaired) electrons. The predicted octanol–water partition coefficient (Wildman–Crippen LogP) is 1.94. The van der Waals surface area contributed by atoms with E-state index in [0.717, 1.165) is 6.42 Å². The van der Waals surface area contributed by atoms with Crippen molar-refractivity contribution in [2.45, 2.75) is 12.3 Å². The minimum absolute atomic E-state index is 0.326. The van der Waals surface area contributed by atoms with Crippen LogP contribution in [-0.4, -0.2) is 28.5 Å². The van der Waals surface area contributed by atoms with Crippen LogP contribution in [-0.2, 0) is 0 Å². The molecule has 3 heteroatoms. The number of rotatable bonds is 1. The van der Waals surface area contributed by atoms with Crippen molar-refractivity contribution in [2.75, 3.05) is 6.54 Å². The van der Waals surface area contributed by atoms with Gasteiger partial charge in [-0.2, -0.15) is 4.79 Å². The Morgan fingerprint density at radius 2 is 2.07 bits per heavy atom. The molecule has 0 saturated carbocycles. The summed E-state index contributed by atoms with van der Waals surface area (Å²) in [5, 5.41) is 8.77. The third-order valence-electron chi connectivity index (χ3n) is 2.54. The number of carbonyl (C=O) groups is 1. The van der Waals surface area contributed by atoms with E-state index >= 15 is 0 Å². The molecule has 1 unspecified atom stereocenters. The third-order valence-corrected chi connectivity index (χ3v) is 2.54. The quantitative estimate of drug-likeness (QED) is 0.687. The van der Waals surface area contributed by atoms with Crippen molar-refractivity contribution in [1.29, 1.82) is 0 Å². The average molecular weight is 190 g/mol. The molecule has 2 rings (SSSR count). The molecule has 0 fully saturated rings. The van der Waals surface area contributed by atoms with Crippen molar-refractivity contribution < 1.29 is 14.5 Å². The van der Waals surface area contributed by atoms with Gasteiger partial charge < -0.3 is 5.11 Å². The molecule has 0 saturated heterocycles. The molecule has 1 atom stereocenters. The van der Waals surface area contributed by atoms with E-state index in [1.807, 2.05) is 30.3 Å². The topological polar surface area (TPSA) is 40.3 Å². The van der Waals surface area contributed by atoms with Gasteiger partial charge in [-0.15, -0.1) is 4.58 Å². The van der Waals surface area contributed by atoms with Gasteiger partial charge in [0.15, 0.2) is 12.8 Å². The van der Waals surface area contributed by atoms with Gasteiger partial charge in [0, 0.05) is 6.42 Å². The number of carboxylic acid groups (broad SMARTS) is 1. The zero-order valence-electron chi connectivity index (χ0n) is 7.76. The highest BCUT2D eigenvalue weighted by Gasteiger charge is 2.29. The van der Waals surface area contributed by atoms with E-state index in [-0.39, 0.29) is 0 Å². The van der Waals surface area contributed by atoms with Crippen molar-refractivity contribution >= 4 is 12.3 Å². The molecule has 0 aromatic heterocycles. The molecule has 0 aliphatic carbocycles. The van der Waals surface area contributed by atoms with Gasteiger partial charge in [-0.25, -0.2) is 0 Å². The summed E-state index contributed by atoms with van der Waals surface area (Å²) in [7, 11) is 0. The largest absolute Gasteiger partial charge is 0.593 e. The van der Waals surface area contributed by atoms with Crippen molar-refractivity contribution in [3.8, 4) is 0 Å². The molecular weight excluding hydrogens is 178 g/mol. The normalized spacial score (nSPS) is 20.6. The van der Waals surface area contributed by atoms with Crippen LogP contribution in [0.3, 0.4) is 0 Å². The highest BCUT2D eigenvalue weighted by Crippen LogP contribution is 2.22. The van der Waals surface area contributed by atoms with Crippen molar-refractivity contribution in [3.63, 3.8) is 0 Å².